The number of hydrogen-bond acceptors (Lipinski definition) is 5. The Labute approximate surface area is 158 Å². The number of nitrogens with zero attached hydrogens (tertiary/aromatic N) is 4. The Morgan fingerprint density at radius 2 is 1.85 bits per heavy atom. The van der Waals surface area contributed by atoms with Crippen LogP contribution in [0.2, 0.25) is 0 Å². The fourth-order valence-corrected chi connectivity index (χ4v) is 3.48. The largest absolute Gasteiger partial charge is 0.395 e. The minimum Gasteiger partial charge on any atom is -0.395 e. The number of aliphatic hydroxyl groups is 1. The van der Waals surface area contributed by atoms with Crippen molar-refractivity contribution in [1.29, 1.82) is 0 Å². The third kappa shape index (κ3) is 6.59. The smallest absolute Gasteiger partial charge is 0.224 e. The van der Waals surface area contributed by atoms with Crippen LogP contribution in [0.5, 0.6) is 0 Å². The first kappa shape index (κ1) is 20.7. The zero-order valence-corrected chi connectivity index (χ0v) is 16.6. The minimum absolute atomic E-state index is 0.207. The molecule has 5 nitrogen and oxygen atoms in total. The molecule has 1 aromatic rings. The van der Waals surface area contributed by atoms with Crippen LogP contribution in [0.25, 0.3) is 0 Å². The van der Waals surface area contributed by atoms with Crippen molar-refractivity contribution in [2.24, 2.45) is 11.8 Å². The molecule has 0 radical (unpaired) electrons. The van der Waals surface area contributed by atoms with E-state index in [1.54, 1.807) is 0 Å². The molecule has 0 amide bonds. The van der Waals surface area contributed by atoms with Crippen molar-refractivity contribution < 1.29 is 5.11 Å². The molecule has 1 N–H and O–H groups in total. The van der Waals surface area contributed by atoms with Crippen molar-refractivity contribution in [2.45, 2.75) is 46.0 Å². The third-order valence-electron chi connectivity index (χ3n) is 5.29. The number of anilines is 1. The minimum atomic E-state index is 0.207. The van der Waals surface area contributed by atoms with E-state index in [2.05, 4.69) is 52.5 Å². The molecule has 0 aliphatic heterocycles. The second kappa shape index (κ2) is 11.2. The van der Waals surface area contributed by atoms with Gasteiger partial charge in [0.2, 0.25) is 5.95 Å². The van der Waals surface area contributed by atoms with Gasteiger partial charge in [0.1, 0.15) is 0 Å². The topological polar surface area (TPSA) is 52.5 Å². The monoisotopic (exact) mass is 358 g/mol. The van der Waals surface area contributed by atoms with Crippen molar-refractivity contribution in [3.8, 4) is 11.8 Å². The zero-order chi connectivity index (χ0) is 18.8. The van der Waals surface area contributed by atoms with Crippen LogP contribution in [0.15, 0.2) is 12.4 Å². The molecular weight excluding hydrogens is 324 g/mol. The van der Waals surface area contributed by atoms with Gasteiger partial charge in [0.05, 0.1) is 13.2 Å². The van der Waals surface area contributed by atoms with E-state index in [1.807, 2.05) is 12.4 Å². The highest BCUT2D eigenvalue weighted by Gasteiger charge is 2.21. The van der Waals surface area contributed by atoms with E-state index >= 15 is 0 Å². The second-order valence-corrected chi connectivity index (χ2v) is 7.26. The number of likely N-dealkylation sites (N-methyl/N-ethyl adjacent to an activating group) is 1. The summed E-state index contributed by atoms with van der Waals surface area (Å²) in [5, 5.41) is 9.02. The van der Waals surface area contributed by atoms with Crippen LogP contribution in [0, 0.1) is 23.7 Å². The SMILES string of the molecule is CCc1cnc(N(C)CC2CCC(C#CCN(CC)CCO)CC2)nc1. The summed E-state index contributed by atoms with van der Waals surface area (Å²) in [6, 6.07) is 0. The Bertz CT molecular complexity index is 570. The molecule has 0 spiro atoms. The van der Waals surface area contributed by atoms with Crippen molar-refractivity contribution in [3.05, 3.63) is 18.0 Å². The van der Waals surface area contributed by atoms with E-state index in [9.17, 15) is 0 Å². The first-order valence-corrected chi connectivity index (χ1v) is 9.99. The average Bonchev–Trinajstić information content (AvgIpc) is 2.68. The maximum Gasteiger partial charge on any atom is 0.224 e. The molecule has 144 valence electrons. The van der Waals surface area contributed by atoms with Gasteiger partial charge in [0, 0.05) is 38.4 Å². The van der Waals surface area contributed by atoms with Gasteiger partial charge >= 0.3 is 0 Å². The molecule has 1 aliphatic rings. The molecule has 1 aromatic heterocycles. The van der Waals surface area contributed by atoms with Gasteiger partial charge in [-0.1, -0.05) is 25.7 Å². The Morgan fingerprint density at radius 1 is 1.15 bits per heavy atom. The number of aryl methyl sites for hydroxylation is 1. The predicted octanol–water partition coefficient (Wildman–Crippen LogP) is 2.60. The fourth-order valence-electron chi connectivity index (χ4n) is 3.48. The van der Waals surface area contributed by atoms with Gasteiger partial charge in [-0.15, -0.1) is 0 Å². The Hall–Kier alpha value is -1.64. The highest BCUT2D eigenvalue weighted by molar-refractivity contribution is 5.28. The number of aliphatic hydroxyl groups excluding tert-OH is 1. The van der Waals surface area contributed by atoms with Crippen LogP contribution < -0.4 is 4.90 Å². The number of rotatable bonds is 8. The first-order chi connectivity index (χ1) is 12.7. The van der Waals surface area contributed by atoms with Crippen LogP contribution in [-0.2, 0) is 6.42 Å². The summed E-state index contributed by atoms with van der Waals surface area (Å²) in [6.45, 7) is 7.88. The van der Waals surface area contributed by atoms with Crippen LogP contribution in [-0.4, -0.2) is 59.8 Å². The highest BCUT2D eigenvalue weighted by Crippen LogP contribution is 2.29. The van der Waals surface area contributed by atoms with Crippen molar-refractivity contribution in [1.82, 2.24) is 14.9 Å². The van der Waals surface area contributed by atoms with Gasteiger partial charge in [-0.05, 0) is 50.1 Å². The van der Waals surface area contributed by atoms with E-state index < -0.39 is 0 Å². The third-order valence-corrected chi connectivity index (χ3v) is 5.29. The molecule has 26 heavy (non-hydrogen) atoms. The molecule has 1 saturated carbocycles. The molecule has 0 saturated heterocycles. The maximum absolute atomic E-state index is 9.02. The summed E-state index contributed by atoms with van der Waals surface area (Å²) in [5.74, 6) is 8.83. The first-order valence-electron chi connectivity index (χ1n) is 9.99. The Morgan fingerprint density at radius 3 is 2.42 bits per heavy atom. The van der Waals surface area contributed by atoms with E-state index in [0.29, 0.717) is 18.4 Å². The van der Waals surface area contributed by atoms with Gasteiger partial charge in [0.25, 0.3) is 0 Å². The van der Waals surface area contributed by atoms with Crippen LogP contribution in [0.1, 0.15) is 45.1 Å². The number of hydrogen-bond donors (Lipinski definition) is 1. The quantitative estimate of drug-likeness (QED) is 0.724. The lowest BCUT2D eigenvalue weighted by molar-refractivity contribution is 0.216. The van der Waals surface area contributed by atoms with Crippen LogP contribution in [0.3, 0.4) is 0 Å². The van der Waals surface area contributed by atoms with E-state index in [0.717, 1.165) is 32.0 Å². The van der Waals surface area contributed by atoms with E-state index in [4.69, 9.17) is 5.11 Å². The molecule has 2 rings (SSSR count). The van der Waals surface area contributed by atoms with Crippen LogP contribution in [0.4, 0.5) is 5.95 Å². The predicted molar refractivity (Wildman–Crippen MR) is 107 cm³/mol. The van der Waals surface area contributed by atoms with Crippen molar-refractivity contribution in [2.75, 3.05) is 44.7 Å². The Balaban J connectivity index is 1.74. The molecule has 0 bridgehead atoms. The van der Waals surface area contributed by atoms with Crippen molar-refractivity contribution >= 4 is 5.95 Å². The molecular formula is C21H34N4O. The lowest BCUT2D eigenvalue weighted by Gasteiger charge is -2.29. The molecule has 1 aliphatic carbocycles. The summed E-state index contributed by atoms with van der Waals surface area (Å²) in [4.78, 5) is 13.3. The second-order valence-electron chi connectivity index (χ2n) is 7.26. The molecule has 5 heteroatoms. The van der Waals surface area contributed by atoms with Crippen LogP contribution >= 0.6 is 0 Å². The summed E-state index contributed by atoms with van der Waals surface area (Å²) < 4.78 is 0. The summed E-state index contributed by atoms with van der Waals surface area (Å²) >= 11 is 0. The summed E-state index contributed by atoms with van der Waals surface area (Å²) in [7, 11) is 2.09. The fraction of sp³-hybridized carbons (Fsp3) is 0.714. The molecule has 1 heterocycles. The lowest BCUT2D eigenvalue weighted by Crippen LogP contribution is -2.29. The lowest BCUT2D eigenvalue weighted by atomic mass is 9.82. The van der Waals surface area contributed by atoms with Gasteiger partial charge in [0.15, 0.2) is 0 Å². The normalized spacial score (nSPS) is 19.9. The van der Waals surface area contributed by atoms with Gasteiger partial charge in [-0.25, -0.2) is 9.97 Å². The summed E-state index contributed by atoms with van der Waals surface area (Å²) in [5.41, 5.74) is 1.18. The number of aromatic nitrogens is 2. The highest BCUT2D eigenvalue weighted by atomic mass is 16.3. The van der Waals surface area contributed by atoms with Gasteiger partial charge in [-0.3, -0.25) is 4.90 Å². The Kier molecular flexibility index (Phi) is 8.87. The van der Waals surface area contributed by atoms with Gasteiger partial charge in [-0.2, -0.15) is 0 Å². The van der Waals surface area contributed by atoms with Crippen molar-refractivity contribution in [3.63, 3.8) is 0 Å². The zero-order valence-electron chi connectivity index (χ0n) is 16.6. The van der Waals surface area contributed by atoms with E-state index in [1.165, 1.54) is 31.2 Å². The maximum atomic E-state index is 9.02. The summed E-state index contributed by atoms with van der Waals surface area (Å²) in [6.07, 6.45) is 9.67. The van der Waals surface area contributed by atoms with E-state index in [-0.39, 0.29) is 6.61 Å². The standard InChI is InChI=1S/C21H34N4O/c1-4-18-15-22-21(23-16-18)24(3)17-20-10-8-19(9-11-20)7-6-12-25(5-2)13-14-26/h15-16,19-20,26H,4-5,8-14,17H2,1-3H3. The average molecular weight is 359 g/mol. The van der Waals surface area contributed by atoms with Gasteiger partial charge < -0.3 is 10.0 Å². The molecule has 0 unspecified atom stereocenters. The molecule has 0 atom stereocenters. The molecule has 0 aromatic carbocycles. The molecule has 1 fully saturated rings.